The lowest BCUT2D eigenvalue weighted by atomic mass is 10.0. The summed E-state index contributed by atoms with van der Waals surface area (Å²) in [5.74, 6) is -0.0247. The zero-order chi connectivity index (χ0) is 19.2. The van der Waals surface area contributed by atoms with Crippen LogP contribution in [0.5, 0.6) is 0 Å². The maximum atomic E-state index is 10.2. The first kappa shape index (κ1) is 20.1. The van der Waals surface area contributed by atoms with Crippen molar-refractivity contribution in [2.45, 2.75) is 58.8 Å². The van der Waals surface area contributed by atoms with Crippen molar-refractivity contribution in [1.82, 2.24) is 4.90 Å². The maximum absolute atomic E-state index is 10.2. The van der Waals surface area contributed by atoms with Crippen LogP contribution in [0.25, 0.3) is 0 Å². The Kier molecular flexibility index (Phi) is 6.87. The zero-order valence-electron chi connectivity index (χ0n) is 16.5. The van der Waals surface area contributed by atoms with Crippen LogP contribution in [0.1, 0.15) is 51.8 Å². The van der Waals surface area contributed by atoms with Crippen molar-refractivity contribution < 1.29 is 9.84 Å². The van der Waals surface area contributed by atoms with Crippen LogP contribution in [0, 0.1) is 0 Å². The molecule has 140 valence electrons. The molecule has 0 saturated heterocycles. The van der Waals surface area contributed by atoms with Crippen molar-refractivity contribution in [3.05, 3.63) is 83.8 Å². The maximum Gasteiger partial charge on any atom is 0.274 e. The normalized spacial score (nSPS) is 14.9. The van der Waals surface area contributed by atoms with Gasteiger partial charge in [0.15, 0.2) is 0 Å². The van der Waals surface area contributed by atoms with Gasteiger partial charge in [-0.25, -0.2) is 0 Å². The fourth-order valence-corrected chi connectivity index (χ4v) is 3.00. The molecule has 0 aromatic heterocycles. The molecule has 3 nitrogen and oxygen atoms in total. The molecule has 2 rings (SSSR count). The summed E-state index contributed by atoms with van der Waals surface area (Å²) in [6, 6.07) is 21.1. The highest BCUT2D eigenvalue weighted by Gasteiger charge is 2.22. The molecule has 0 fully saturated rings. The fourth-order valence-electron chi connectivity index (χ4n) is 3.00. The SMILES string of the molecule is C[C@H](/C=C(\O)OC(C)(C)C)N(Cc1ccccc1)[C@H](C)c1ccccc1. The summed E-state index contributed by atoms with van der Waals surface area (Å²) in [5.41, 5.74) is 2.07. The quantitative estimate of drug-likeness (QED) is 0.634. The molecule has 0 amide bonds. The summed E-state index contributed by atoms with van der Waals surface area (Å²) in [4.78, 5) is 2.35. The molecule has 0 bridgehead atoms. The summed E-state index contributed by atoms with van der Waals surface area (Å²) >= 11 is 0. The average Bonchev–Trinajstić information content (AvgIpc) is 2.59. The molecule has 2 aromatic rings. The Morgan fingerprint density at radius 1 is 1.00 bits per heavy atom. The van der Waals surface area contributed by atoms with E-state index in [2.05, 4.69) is 67.3 Å². The summed E-state index contributed by atoms with van der Waals surface area (Å²) in [6.45, 7) is 10.9. The number of benzene rings is 2. The van der Waals surface area contributed by atoms with Gasteiger partial charge in [-0.3, -0.25) is 4.90 Å². The van der Waals surface area contributed by atoms with Crippen molar-refractivity contribution in [3.63, 3.8) is 0 Å². The Labute approximate surface area is 157 Å². The number of nitrogens with zero attached hydrogens (tertiary/aromatic N) is 1. The Morgan fingerprint density at radius 2 is 1.54 bits per heavy atom. The zero-order valence-corrected chi connectivity index (χ0v) is 16.5. The summed E-state index contributed by atoms with van der Waals surface area (Å²) < 4.78 is 5.58. The van der Waals surface area contributed by atoms with Crippen molar-refractivity contribution in [2.24, 2.45) is 0 Å². The van der Waals surface area contributed by atoms with Crippen LogP contribution < -0.4 is 0 Å². The van der Waals surface area contributed by atoms with Crippen molar-refractivity contribution in [2.75, 3.05) is 0 Å². The second-order valence-electron chi connectivity index (χ2n) is 7.70. The van der Waals surface area contributed by atoms with Gasteiger partial charge in [0.25, 0.3) is 5.95 Å². The number of hydrogen-bond donors (Lipinski definition) is 1. The Bertz CT molecular complexity index is 689. The van der Waals surface area contributed by atoms with Crippen molar-refractivity contribution in [1.29, 1.82) is 0 Å². The lowest BCUT2D eigenvalue weighted by molar-refractivity contribution is -0.0173. The van der Waals surface area contributed by atoms with Crippen LogP contribution in [0.3, 0.4) is 0 Å². The highest BCUT2D eigenvalue weighted by atomic mass is 16.6. The van der Waals surface area contributed by atoms with E-state index in [0.717, 1.165) is 6.54 Å². The molecule has 0 aliphatic rings. The average molecular weight is 354 g/mol. The van der Waals surface area contributed by atoms with E-state index < -0.39 is 5.60 Å². The van der Waals surface area contributed by atoms with Gasteiger partial charge < -0.3 is 9.84 Å². The molecule has 0 heterocycles. The van der Waals surface area contributed by atoms with Crippen molar-refractivity contribution >= 4 is 0 Å². The minimum Gasteiger partial charge on any atom is -0.481 e. The van der Waals surface area contributed by atoms with E-state index in [1.807, 2.05) is 32.9 Å². The summed E-state index contributed by atoms with van der Waals surface area (Å²) in [7, 11) is 0. The van der Waals surface area contributed by atoms with Gasteiger partial charge in [0.1, 0.15) is 5.60 Å². The monoisotopic (exact) mass is 353 g/mol. The predicted molar refractivity (Wildman–Crippen MR) is 108 cm³/mol. The first-order chi connectivity index (χ1) is 12.3. The second-order valence-corrected chi connectivity index (χ2v) is 7.70. The number of aliphatic hydroxyl groups excluding tert-OH is 1. The minimum absolute atomic E-state index is 0.00719. The molecular formula is C23H31NO2. The fraction of sp³-hybridized carbons (Fsp3) is 0.391. The molecule has 2 atom stereocenters. The van der Waals surface area contributed by atoms with Gasteiger partial charge >= 0.3 is 0 Å². The summed E-state index contributed by atoms with van der Waals surface area (Å²) in [5, 5.41) is 10.2. The highest BCUT2D eigenvalue weighted by Crippen LogP contribution is 2.26. The Morgan fingerprint density at radius 3 is 2.08 bits per heavy atom. The van der Waals surface area contributed by atoms with Gasteiger partial charge in [-0.15, -0.1) is 0 Å². The van der Waals surface area contributed by atoms with E-state index in [1.54, 1.807) is 6.08 Å². The van der Waals surface area contributed by atoms with Gasteiger partial charge in [-0.05, 0) is 45.7 Å². The van der Waals surface area contributed by atoms with Crippen LogP contribution >= 0.6 is 0 Å². The molecule has 0 saturated carbocycles. The van der Waals surface area contributed by atoms with Crippen LogP contribution in [0.4, 0.5) is 0 Å². The first-order valence-corrected chi connectivity index (χ1v) is 9.20. The molecular weight excluding hydrogens is 322 g/mol. The molecule has 26 heavy (non-hydrogen) atoms. The highest BCUT2D eigenvalue weighted by molar-refractivity contribution is 5.21. The van der Waals surface area contributed by atoms with E-state index in [-0.39, 0.29) is 18.0 Å². The Balaban J connectivity index is 2.26. The smallest absolute Gasteiger partial charge is 0.274 e. The lowest BCUT2D eigenvalue weighted by Crippen LogP contribution is -2.34. The molecule has 2 aromatic carbocycles. The number of hydrogen-bond acceptors (Lipinski definition) is 3. The topological polar surface area (TPSA) is 32.7 Å². The predicted octanol–water partition coefficient (Wildman–Crippen LogP) is 5.85. The van der Waals surface area contributed by atoms with Gasteiger partial charge in [-0.2, -0.15) is 0 Å². The van der Waals surface area contributed by atoms with Crippen molar-refractivity contribution in [3.8, 4) is 0 Å². The standard InChI is InChI=1S/C23H31NO2/c1-18(16-22(25)26-23(3,4)5)24(17-20-12-8-6-9-13-20)19(2)21-14-10-7-11-15-21/h6-16,18-19,25H,17H2,1-5H3/b22-16+/t18-,19-/m1/s1. The minimum atomic E-state index is -0.421. The lowest BCUT2D eigenvalue weighted by Gasteiger charge is -2.34. The largest absolute Gasteiger partial charge is 0.481 e. The van der Waals surface area contributed by atoms with Gasteiger partial charge in [0.2, 0.25) is 0 Å². The van der Waals surface area contributed by atoms with E-state index in [4.69, 9.17) is 4.74 Å². The van der Waals surface area contributed by atoms with Gasteiger partial charge in [0.05, 0.1) is 0 Å². The molecule has 0 radical (unpaired) electrons. The third-order valence-electron chi connectivity index (χ3n) is 4.31. The van der Waals surface area contributed by atoms with Crippen LogP contribution in [-0.4, -0.2) is 21.6 Å². The van der Waals surface area contributed by atoms with Crippen LogP contribution in [-0.2, 0) is 11.3 Å². The number of rotatable bonds is 7. The molecule has 1 N–H and O–H groups in total. The second kappa shape index (κ2) is 8.91. The number of ether oxygens (including phenoxy) is 1. The van der Waals surface area contributed by atoms with Gasteiger partial charge in [0, 0.05) is 24.7 Å². The first-order valence-electron chi connectivity index (χ1n) is 9.20. The molecule has 3 heteroatoms. The van der Waals surface area contributed by atoms with Gasteiger partial charge in [-0.1, -0.05) is 60.7 Å². The third kappa shape index (κ3) is 6.23. The van der Waals surface area contributed by atoms with E-state index in [1.165, 1.54) is 11.1 Å². The van der Waals surface area contributed by atoms with Crippen LogP contribution in [0.2, 0.25) is 0 Å². The summed E-state index contributed by atoms with van der Waals surface area (Å²) in [6.07, 6.45) is 1.79. The number of aliphatic hydroxyl groups is 1. The third-order valence-corrected chi connectivity index (χ3v) is 4.31. The van der Waals surface area contributed by atoms with E-state index in [0.29, 0.717) is 0 Å². The van der Waals surface area contributed by atoms with E-state index >= 15 is 0 Å². The molecule has 0 aliphatic heterocycles. The molecule has 0 unspecified atom stereocenters. The van der Waals surface area contributed by atoms with Crippen LogP contribution in [0.15, 0.2) is 72.7 Å². The Hall–Kier alpha value is -2.26. The van der Waals surface area contributed by atoms with E-state index in [9.17, 15) is 5.11 Å². The molecule has 0 aliphatic carbocycles. The molecule has 0 spiro atoms.